The zero-order valence-electron chi connectivity index (χ0n) is 13.8. The lowest BCUT2D eigenvalue weighted by Crippen LogP contribution is -2.57. The van der Waals surface area contributed by atoms with E-state index in [9.17, 15) is 14.4 Å². The molecule has 0 bridgehead atoms. The van der Waals surface area contributed by atoms with Crippen LogP contribution in [-0.2, 0) is 14.3 Å². The van der Waals surface area contributed by atoms with Crippen molar-refractivity contribution >= 4 is 18.0 Å². The van der Waals surface area contributed by atoms with Crippen LogP contribution in [0.4, 0.5) is 4.79 Å². The summed E-state index contributed by atoms with van der Waals surface area (Å²) in [5, 5.41) is 8.98. The van der Waals surface area contributed by atoms with Gasteiger partial charge < -0.3 is 14.7 Å². The Balaban J connectivity index is 2.30. The van der Waals surface area contributed by atoms with Crippen molar-refractivity contribution in [3.63, 3.8) is 0 Å². The average Bonchev–Trinajstić information content (AvgIpc) is 2.36. The minimum Gasteiger partial charge on any atom is -0.465 e. The van der Waals surface area contributed by atoms with Gasteiger partial charge in [0.15, 0.2) is 0 Å². The van der Waals surface area contributed by atoms with Crippen molar-refractivity contribution in [3.8, 4) is 0 Å². The fraction of sp³-hybridized carbons (Fsp3) is 0.800. The highest BCUT2D eigenvalue weighted by atomic mass is 16.6. The third kappa shape index (κ3) is 5.54. The van der Waals surface area contributed by atoms with Crippen molar-refractivity contribution in [2.24, 2.45) is 0 Å². The zero-order chi connectivity index (χ0) is 16.9. The number of carbonyl (C=O) groups is 3. The highest BCUT2D eigenvalue weighted by Gasteiger charge is 2.33. The normalized spacial score (nSPS) is 19.3. The third-order valence-electron chi connectivity index (χ3n) is 3.47. The van der Waals surface area contributed by atoms with Crippen molar-refractivity contribution in [3.05, 3.63) is 0 Å². The number of amides is 2. The predicted molar refractivity (Wildman–Crippen MR) is 80.5 cm³/mol. The molecule has 1 rings (SSSR count). The lowest BCUT2D eigenvalue weighted by atomic mass is 10.1. The molecule has 1 aliphatic rings. The molecule has 0 aromatic rings. The van der Waals surface area contributed by atoms with Gasteiger partial charge in [0.1, 0.15) is 11.6 Å². The molecular weight excluding hydrogens is 288 g/mol. The Hall–Kier alpha value is -1.79. The van der Waals surface area contributed by atoms with Crippen LogP contribution in [0.25, 0.3) is 0 Å². The van der Waals surface area contributed by atoms with Gasteiger partial charge in [0.25, 0.3) is 0 Å². The molecule has 0 aromatic heterocycles. The number of rotatable bonds is 5. The fourth-order valence-electron chi connectivity index (χ4n) is 2.38. The van der Waals surface area contributed by atoms with Crippen molar-refractivity contribution in [2.45, 2.75) is 58.6 Å². The Morgan fingerprint density at radius 3 is 2.45 bits per heavy atom. The van der Waals surface area contributed by atoms with Gasteiger partial charge >= 0.3 is 12.1 Å². The van der Waals surface area contributed by atoms with Crippen LogP contribution in [0.1, 0.15) is 47.0 Å². The first-order valence-electron chi connectivity index (χ1n) is 7.62. The summed E-state index contributed by atoms with van der Waals surface area (Å²) in [6.07, 6.45) is 0.613. The van der Waals surface area contributed by atoms with E-state index in [2.05, 4.69) is 0 Å². The number of ether oxygens (including phenoxy) is 1. The van der Waals surface area contributed by atoms with E-state index in [1.54, 1.807) is 11.8 Å². The minimum atomic E-state index is -1.06. The maximum absolute atomic E-state index is 12.1. The Morgan fingerprint density at radius 1 is 1.27 bits per heavy atom. The SMILES string of the molecule is C[C@H]1C(=O)N(CCCCC(=O)OC(C)(C)C)CCN1C(=O)O. The molecule has 22 heavy (non-hydrogen) atoms. The van der Waals surface area contributed by atoms with Crippen LogP contribution in [0.2, 0.25) is 0 Å². The van der Waals surface area contributed by atoms with Crippen molar-refractivity contribution in [2.75, 3.05) is 19.6 Å². The second kappa shape index (κ2) is 7.47. The summed E-state index contributed by atoms with van der Waals surface area (Å²) in [5.74, 6) is -0.409. The number of hydrogen-bond donors (Lipinski definition) is 1. The summed E-state index contributed by atoms with van der Waals surface area (Å²) in [6.45, 7) is 8.35. The molecule has 1 fully saturated rings. The van der Waals surface area contributed by atoms with Crippen LogP contribution in [0.3, 0.4) is 0 Å². The van der Waals surface area contributed by atoms with Crippen LogP contribution in [0.15, 0.2) is 0 Å². The van der Waals surface area contributed by atoms with E-state index in [1.807, 2.05) is 20.8 Å². The van der Waals surface area contributed by atoms with Crippen LogP contribution >= 0.6 is 0 Å². The lowest BCUT2D eigenvalue weighted by Gasteiger charge is -2.37. The minimum absolute atomic E-state index is 0.175. The molecule has 0 spiro atoms. The number of carbonyl (C=O) groups excluding carboxylic acids is 2. The fourth-order valence-corrected chi connectivity index (χ4v) is 2.38. The number of carboxylic acid groups (broad SMARTS) is 1. The van der Waals surface area contributed by atoms with E-state index >= 15 is 0 Å². The van der Waals surface area contributed by atoms with Gasteiger partial charge in [-0.25, -0.2) is 4.79 Å². The monoisotopic (exact) mass is 314 g/mol. The largest absolute Gasteiger partial charge is 0.465 e. The first kappa shape index (κ1) is 18.3. The summed E-state index contributed by atoms with van der Waals surface area (Å²) >= 11 is 0. The van der Waals surface area contributed by atoms with Crippen LogP contribution in [0.5, 0.6) is 0 Å². The first-order valence-corrected chi connectivity index (χ1v) is 7.62. The van der Waals surface area contributed by atoms with Gasteiger partial charge in [-0.15, -0.1) is 0 Å². The summed E-state index contributed by atoms with van der Waals surface area (Å²) in [7, 11) is 0. The van der Waals surface area contributed by atoms with Gasteiger partial charge in [-0.2, -0.15) is 0 Å². The van der Waals surface area contributed by atoms with Crippen LogP contribution < -0.4 is 0 Å². The maximum atomic E-state index is 12.1. The summed E-state index contributed by atoms with van der Waals surface area (Å²) < 4.78 is 5.22. The van der Waals surface area contributed by atoms with Crippen molar-refractivity contribution < 1.29 is 24.2 Å². The van der Waals surface area contributed by atoms with E-state index in [0.29, 0.717) is 38.9 Å². The highest BCUT2D eigenvalue weighted by Crippen LogP contribution is 2.14. The average molecular weight is 314 g/mol. The summed E-state index contributed by atoms with van der Waals surface area (Å²) in [6, 6.07) is -0.642. The number of hydrogen-bond acceptors (Lipinski definition) is 4. The molecule has 1 atom stereocenters. The van der Waals surface area contributed by atoms with Gasteiger partial charge in [-0.3, -0.25) is 14.5 Å². The van der Waals surface area contributed by atoms with E-state index in [-0.39, 0.29) is 11.9 Å². The zero-order valence-corrected chi connectivity index (χ0v) is 13.8. The molecule has 7 heteroatoms. The number of unbranched alkanes of at least 4 members (excludes halogenated alkanes) is 1. The molecule has 0 aromatic carbocycles. The number of piperazine rings is 1. The van der Waals surface area contributed by atoms with Crippen molar-refractivity contribution in [1.82, 2.24) is 9.80 Å². The van der Waals surface area contributed by atoms with Crippen molar-refractivity contribution in [1.29, 1.82) is 0 Å². The standard InChI is InChI=1S/C15H26N2O5/c1-11-13(19)16(9-10-17(11)14(20)21)8-6-5-7-12(18)22-15(2,3)4/h11H,5-10H2,1-4H3,(H,20,21)/t11-/m0/s1. The molecule has 2 amide bonds. The Kier molecular flexibility index (Phi) is 6.20. The molecule has 0 aliphatic carbocycles. The summed E-state index contributed by atoms with van der Waals surface area (Å²) in [4.78, 5) is 37.4. The predicted octanol–water partition coefficient (Wildman–Crippen LogP) is 1.71. The summed E-state index contributed by atoms with van der Waals surface area (Å²) in [5.41, 5.74) is -0.477. The van der Waals surface area contributed by atoms with Gasteiger partial charge in [-0.05, 0) is 40.5 Å². The van der Waals surface area contributed by atoms with E-state index in [4.69, 9.17) is 9.84 Å². The smallest absolute Gasteiger partial charge is 0.408 e. The molecule has 1 heterocycles. The number of nitrogens with zero attached hydrogens (tertiary/aromatic N) is 2. The van der Waals surface area contributed by atoms with E-state index in [1.165, 1.54) is 0 Å². The molecule has 1 aliphatic heterocycles. The van der Waals surface area contributed by atoms with E-state index < -0.39 is 17.7 Å². The second-order valence-electron chi connectivity index (χ2n) is 6.52. The molecular formula is C15H26N2O5. The van der Waals surface area contributed by atoms with Gasteiger partial charge in [0.2, 0.25) is 5.91 Å². The van der Waals surface area contributed by atoms with E-state index in [0.717, 1.165) is 4.90 Å². The Bertz CT molecular complexity index is 430. The van der Waals surface area contributed by atoms with Gasteiger partial charge in [0.05, 0.1) is 0 Å². The Morgan fingerprint density at radius 2 is 1.91 bits per heavy atom. The molecule has 126 valence electrons. The molecule has 0 saturated carbocycles. The lowest BCUT2D eigenvalue weighted by molar-refractivity contribution is -0.154. The highest BCUT2D eigenvalue weighted by molar-refractivity contribution is 5.86. The first-order chi connectivity index (χ1) is 10.1. The molecule has 1 saturated heterocycles. The second-order valence-corrected chi connectivity index (χ2v) is 6.52. The Labute approximate surface area is 131 Å². The van der Waals surface area contributed by atoms with Crippen LogP contribution in [0, 0.1) is 0 Å². The third-order valence-corrected chi connectivity index (χ3v) is 3.47. The molecule has 0 radical (unpaired) electrons. The molecule has 1 N–H and O–H groups in total. The maximum Gasteiger partial charge on any atom is 0.408 e. The number of esters is 1. The molecule has 7 nitrogen and oxygen atoms in total. The van der Waals surface area contributed by atoms with Gasteiger partial charge in [-0.1, -0.05) is 0 Å². The quantitative estimate of drug-likeness (QED) is 0.616. The topological polar surface area (TPSA) is 87.2 Å². The van der Waals surface area contributed by atoms with Crippen LogP contribution in [-0.4, -0.2) is 64.2 Å². The molecule has 0 unspecified atom stereocenters. The van der Waals surface area contributed by atoms with Gasteiger partial charge in [0, 0.05) is 26.1 Å².